The second kappa shape index (κ2) is 5.07. The molecule has 94 valence electrons. The Labute approximate surface area is 111 Å². The van der Waals surface area contributed by atoms with Gasteiger partial charge in [0.1, 0.15) is 5.82 Å². The molecule has 0 amide bonds. The van der Waals surface area contributed by atoms with Gasteiger partial charge in [0.2, 0.25) is 0 Å². The molecule has 0 aromatic heterocycles. The van der Waals surface area contributed by atoms with Gasteiger partial charge >= 0.3 is 0 Å². The van der Waals surface area contributed by atoms with E-state index in [4.69, 9.17) is 5.73 Å². The van der Waals surface area contributed by atoms with E-state index < -0.39 is 0 Å². The first-order valence-corrected chi connectivity index (χ1v) is 7.04. The largest absolute Gasteiger partial charge is 0.330 e. The predicted octanol–water partition coefficient (Wildman–Crippen LogP) is 4.06. The minimum atomic E-state index is -0.132. The van der Waals surface area contributed by atoms with E-state index in [-0.39, 0.29) is 11.2 Å². The Morgan fingerprint density at radius 3 is 2.47 bits per heavy atom. The summed E-state index contributed by atoms with van der Waals surface area (Å²) in [7, 11) is 0. The first-order chi connectivity index (χ1) is 8.09. The maximum absolute atomic E-state index is 13.8. The zero-order chi connectivity index (χ0) is 12.5. The van der Waals surface area contributed by atoms with Crippen molar-refractivity contribution in [2.24, 2.45) is 5.73 Å². The third-order valence-electron chi connectivity index (χ3n) is 4.09. The van der Waals surface area contributed by atoms with Gasteiger partial charge in [-0.3, -0.25) is 0 Å². The number of hydrogen-bond acceptors (Lipinski definition) is 1. The molecule has 0 heterocycles. The van der Waals surface area contributed by atoms with Crippen LogP contribution in [0, 0.1) is 12.7 Å². The van der Waals surface area contributed by atoms with Crippen molar-refractivity contribution in [2.45, 2.75) is 44.4 Å². The van der Waals surface area contributed by atoms with E-state index in [0.717, 1.165) is 22.9 Å². The maximum Gasteiger partial charge on any atom is 0.127 e. The molecule has 1 aromatic carbocycles. The lowest BCUT2D eigenvalue weighted by Crippen LogP contribution is -2.37. The molecule has 2 N–H and O–H groups in total. The molecule has 0 unspecified atom stereocenters. The SMILES string of the molecule is Cc1c(F)cc(C2(CN)CCCCC2)cc1Br. The maximum atomic E-state index is 13.8. The van der Waals surface area contributed by atoms with Gasteiger partial charge in [0.25, 0.3) is 0 Å². The summed E-state index contributed by atoms with van der Waals surface area (Å²) in [6.45, 7) is 2.40. The zero-order valence-corrected chi connectivity index (χ0v) is 11.8. The Morgan fingerprint density at radius 2 is 1.94 bits per heavy atom. The topological polar surface area (TPSA) is 26.0 Å². The quantitative estimate of drug-likeness (QED) is 0.876. The van der Waals surface area contributed by atoms with Crippen molar-refractivity contribution in [3.05, 3.63) is 33.5 Å². The minimum Gasteiger partial charge on any atom is -0.330 e. The van der Waals surface area contributed by atoms with E-state index in [1.165, 1.54) is 19.3 Å². The van der Waals surface area contributed by atoms with E-state index in [2.05, 4.69) is 22.0 Å². The van der Waals surface area contributed by atoms with Gasteiger partial charge in [-0.05, 0) is 43.0 Å². The van der Waals surface area contributed by atoms with Crippen LogP contribution in [0.2, 0.25) is 0 Å². The summed E-state index contributed by atoms with van der Waals surface area (Å²) in [6.07, 6.45) is 5.84. The van der Waals surface area contributed by atoms with Crippen LogP contribution in [0.4, 0.5) is 4.39 Å². The Balaban J connectivity index is 2.43. The molecule has 1 saturated carbocycles. The standard InChI is InChI=1S/C14H19BrFN/c1-10-12(15)7-11(8-13(10)16)14(9-17)5-3-2-4-6-14/h7-8H,2-6,9,17H2,1H3. The summed E-state index contributed by atoms with van der Waals surface area (Å²) in [5, 5.41) is 0. The van der Waals surface area contributed by atoms with Crippen LogP contribution in [0.15, 0.2) is 16.6 Å². The summed E-state index contributed by atoms with van der Waals surface area (Å²) >= 11 is 3.44. The summed E-state index contributed by atoms with van der Waals surface area (Å²) < 4.78 is 14.7. The van der Waals surface area contributed by atoms with Crippen LogP contribution < -0.4 is 5.73 Å². The monoisotopic (exact) mass is 299 g/mol. The number of rotatable bonds is 2. The molecule has 0 atom stereocenters. The van der Waals surface area contributed by atoms with E-state index in [1.807, 2.05) is 0 Å². The van der Waals surface area contributed by atoms with Crippen molar-refractivity contribution in [3.8, 4) is 0 Å². The normalized spacial score (nSPS) is 19.3. The lowest BCUT2D eigenvalue weighted by atomic mass is 9.69. The van der Waals surface area contributed by atoms with Crippen molar-refractivity contribution < 1.29 is 4.39 Å². The molecule has 17 heavy (non-hydrogen) atoms. The van der Waals surface area contributed by atoms with E-state index in [1.54, 1.807) is 13.0 Å². The van der Waals surface area contributed by atoms with Gasteiger partial charge in [0, 0.05) is 16.4 Å². The van der Waals surface area contributed by atoms with Gasteiger partial charge in [-0.25, -0.2) is 4.39 Å². The number of benzene rings is 1. The highest BCUT2D eigenvalue weighted by atomic mass is 79.9. The van der Waals surface area contributed by atoms with Crippen molar-refractivity contribution in [2.75, 3.05) is 6.54 Å². The molecule has 0 aliphatic heterocycles. The fraction of sp³-hybridized carbons (Fsp3) is 0.571. The Bertz CT molecular complexity index is 388. The van der Waals surface area contributed by atoms with Crippen molar-refractivity contribution in [1.82, 2.24) is 0 Å². The highest BCUT2D eigenvalue weighted by molar-refractivity contribution is 9.10. The fourth-order valence-corrected chi connectivity index (χ4v) is 3.23. The fourth-order valence-electron chi connectivity index (χ4n) is 2.79. The molecule has 2 rings (SSSR count). The van der Waals surface area contributed by atoms with E-state index in [0.29, 0.717) is 12.1 Å². The molecule has 1 aliphatic carbocycles. The summed E-state index contributed by atoms with van der Waals surface area (Å²) in [5.41, 5.74) is 7.71. The summed E-state index contributed by atoms with van der Waals surface area (Å²) in [5.74, 6) is -0.132. The van der Waals surface area contributed by atoms with Gasteiger partial charge < -0.3 is 5.73 Å². The first-order valence-electron chi connectivity index (χ1n) is 6.25. The molecule has 0 saturated heterocycles. The molecule has 1 nitrogen and oxygen atoms in total. The van der Waals surface area contributed by atoms with Gasteiger partial charge in [0.15, 0.2) is 0 Å². The Kier molecular flexibility index (Phi) is 3.88. The third-order valence-corrected chi connectivity index (χ3v) is 4.92. The number of halogens is 2. The molecular weight excluding hydrogens is 281 g/mol. The smallest absolute Gasteiger partial charge is 0.127 e. The number of nitrogens with two attached hydrogens (primary N) is 1. The third kappa shape index (κ3) is 2.41. The lowest BCUT2D eigenvalue weighted by Gasteiger charge is -2.37. The molecule has 0 spiro atoms. The minimum absolute atomic E-state index is 0.00465. The highest BCUT2D eigenvalue weighted by Crippen LogP contribution is 2.40. The Hall–Kier alpha value is -0.410. The average Bonchev–Trinajstić information content (AvgIpc) is 2.36. The Morgan fingerprint density at radius 1 is 1.29 bits per heavy atom. The van der Waals surface area contributed by atoms with Gasteiger partial charge in [-0.2, -0.15) is 0 Å². The zero-order valence-electron chi connectivity index (χ0n) is 10.2. The second-order valence-corrected chi connectivity index (χ2v) is 5.96. The van der Waals surface area contributed by atoms with E-state index >= 15 is 0 Å². The first kappa shape index (κ1) is 13.0. The van der Waals surface area contributed by atoms with Crippen LogP contribution in [0.25, 0.3) is 0 Å². The molecule has 3 heteroatoms. The molecule has 1 fully saturated rings. The number of hydrogen-bond donors (Lipinski definition) is 1. The molecular formula is C14H19BrFN. The van der Waals surface area contributed by atoms with Crippen LogP contribution in [-0.2, 0) is 5.41 Å². The van der Waals surface area contributed by atoms with Gasteiger partial charge in [0.05, 0.1) is 0 Å². The highest BCUT2D eigenvalue weighted by Gasteiger charge is 2.33. The average molecular weight is 300 g/mol. The van der Waals surface area contributed by atoms with Crippen LogP contribution in [0.5, 0.6) is 0 Å². The molecule has 0 bridgehead atoms. The molecule has 0 radical (unpaired) electrons. The van der Waals surface area contributed by atoms with Crippen LogP contribution in [0.1, 0.15) is 43.2 Å². The predicted molar refractivity (Wildman–Crippen MR) is 72.7 cm³/mol. The van der Waals surface area contributed by atoms with Crippen LogP contribution >= 0.6 is 15.9 Å². The van der Waals surface area contributed by atoms with Gasteiger partial charge in [-0.15, -0.1) is 0 Å². The lowest BCUT2D eigenvalue weighted by molar-refractivity contribution is 0.299. The van der Waals surface area contributed by atoms with E-state index in [9.17, 15) is 4.39 Å². The summed E-state index contributed by atoms with van der Waals surface area (Å²) in [6, 6.07) is 3.73. The van der Waals surface area contributed by atoms with Crippen LogP contribution in [-0.4, -0.2) is 6.54 Å². The van der Waals surface area contributed by atoms with Crippen molar-refractivity contribution in [3.63, 3.8) is 0 Å². The summed E-state index contributed by atoms with van der Waals surface area (Å²) in [4.78, 5) is 0. The van der Waals surface area contributed by atoms with Crippen molar-refractivity contribution >= 4 is 15.9 Å². The van der Waals surface area contributed by atoms with Gasteiger partial charge in [-0.1, -0.05) is 35.2 Å². The van der Waals surface area contributed by atoms with Crippen LogP contribution in [0.3, 0.4) is 0 Å². The molecule has 1 aliphatic rings. The molecule has 1 aromatic rings. The van der Waals surface area contributed by atoms with Crippen molar-refractivity contribution in [1.29, 1.82) is 0 Å². The second-order valence-electron chi connectivity index (χ2n) is 5.11.